The van der Waals surface area contributed by atoms with Gasteiger partial charge < -0.3 is 4.90 Å². The Morgan fingerprint density at radius 2 is 1.71 bits per heavy atom. The van der Waals surface area contributed by atoms with Crippen molar-refractivity contribution in [2.75, 3.05) is 16.8 Å². The molecule has 1 aromatic heterocycles. The number of anilines is 2. The molecule has 2 heterocycles. The van der Waals surface area contributed by atoms with Crippen LogP contribution in [0.1, 0.15) is 10.4 Å². The molecule has 2 aromatic carbocycles. The number of thiophene rings is 1. The van der Waals surface area contributed by atoms with Crippen molar-refractivity contribution in [2.24, 2.45) is 0 Å². The van der Waals surface area contributed by atoms with Crippen LogP contribution in [0.2, 0.25) is 5.02 Å². The van der Waals surface area contributed by atoms with E-state index < -0.39 is 0 Å². The summed E-state index contributed by atoms with van der Waals surface area (Å²) in [5.74, 6) is -0.704. The highest BCUT2D eigenvalue weighted by Crippen LogP contribution is 2.38. The summed E-state index contributed by atoms with van der Waals surface area (Å²) in [7, 11) is 1.80. The van der Waals surface area contributed by atoms with Crippen molar-refractivity contribution in [1.82, 2.24) is 0 Å². The molecule has 0 bridgehead atoms. The molecular formula is C22H17ClN2O2S. The van der Waals surface area contributed by atoms with Gasteiger partial charge >= 0.3 is 0 Å². The lowest BCUT2D eigenvalue weighted by Crippen LogP contribution is -2.34. The second kappa shape index (κ2) is 7.26. The maximum atomic E-state index is 13.4. The fourth-order valence-corrected chi connectivity index (χ4v) is 4.15. The third kappa shape index (κ3) is 3.03. The monoisotopic (exact) mass is 408 g/mol. The largest absolute Gasteiger partial charge is 0.339 e. The van der Waals surface area contributed by atoms with Gasteiger partial charge in [0.1, 0.15) is 5.70 Å². The van der Waals surface area contributed by atoms with E-state index in [-0.39, 0.29) is 11.8 Å². The molecule has 140 valence electrons. The maximum Gasteiger partial charge on any atom is 0.282 e. The van der Waals surface area contributed by atoms with Gasteiger partial charge in [0.15, 0.2) is 0 Å². The SMILES string of the molecule is Cc1ccc(N2C(=O)C(c3cccs3)=C(N(C)c3ccccc3)C2=O)cc1Cl. The Kier molecular flexibility index (Phi) is 4.79. The summed E-state index contributed by atoms with van der Waals surface area (Å²) in [4.78, 5) is 30.5. The van der Waals surface area contributed by atoms with Crippen LogP contribution < -0.4 is 9.80 Å². The molecular weight excluding hydrogens is 392 g/mol. The van der Waals surface area contributed by atoms with E-state index in [1.807, 2.05) is 60.8 Å². The number of rotatable bonds is 4. The Morgan fingerprint density at radius 1 is 0.964 bits per heavy atom. The van der Waals surface area contributed by atoms with E-state index in [4.69, 9.17) is 11.6 Å². The van der Waals surface area contributed by atoms with E-state index in [2.05, 4.69) is 0 Å². The van der Waals surface area contributed by atoms with E-state index in [1.165, 1.54) is 16.2 Å². The van der Waals surface area contributed by atoms with Crippen LogP contribution in [0.15, 0.2) is 71.7 Å². The average molecular weight is 409 g/mol. The van der Waals surface area contributed by atoms with Crippen molar-refractivity contribution >= 4 is 51.7 Å². The first kappa shape index (κ1) is 18.5. The molecule has 2 amide bonds. The third-order valence-electron chi connectivity index (χ3n) is 4.72. The zero-order valence-corrected chi connectivity index (χ0v) is 16.9. The number of para-hydroxylation sites is 1. The van der Waals surface area contributed by atoms with Gasteiger partial charge in [-0.25, -0.2) is 4.90 Å². The number of hydrogen-bond acceptors (Lipinski definition) is 4. The Balaban J connectivity index is 1.86. The summed E-state index contributed by atoms with van der Waals surface area (Å²) in [6.45, 7) is 1.88. The van der Waals surface area contributed by atoms with Crippen molar-refractivity contribution in [2.45, 2.75) is 6.92 Å². The number of hydrogen-bond donors (Lipinski definition) is 0. The van der Waals surface area contributed by atoms with Crippen LogP contribution in [0.3, 0.4) is 0 Å². The molecule has 0 saturated carbocycles. The van der Waals surface area contributed by atoms with Crippen LogP contribution in [0, 0.1) is 6.92 Å². The van der Waals surface area contributed by atoms with E-state index in [9.17, 15) is 9.59 Å². The van der Waals surface area contributed by atoms with Crippen LogP contribution >= 0.6 is 22.9 Å². The fraction of sp³-hybridized carbons (Fsp3) is 0.0909. The molecule has 0 unspecified atom stereocenters. The highest BCUT2D eigenvalue weighted by molar-refractivity contribution is 7.11. The molecule has 0 aliphatic carbocycles. The highest BCUT2D eigenvalue weighted by Gasteiger charge is 2.42. The minimum atomic E-state index is -0.361. The first-order valence-electron chi connectivity index (χ1n) is 8.71. The van der Waals surface area contributed by atoms with Crippen molar-refractivity contribution in [3.05, 3.63) is 87.2 Å². The predicted octanol–water partition coefficient (Wildman–Crippen LogP) is 5.13. The molecule has 0 saturated heterocycles. The minimum absolute atomic E-state index is 0.342. The van der Waals surface area contributed by atoms with E-state index in [1.54, 1.807) is 24.1 Å². The summed E-state index contributed by atoms with van der Waals surface area (Å²) in [6.07, 6.45) is 0. The number of amides is 2. The van der Waals surface area contributed by atoms with Gasteiger partial charge in [-0.15, -0.1) is 11.3 Å². The normalized spacial score (nSPS) is 14.2. The number of imide groups is 1. The van der Waals surface area contributed by atoms with Crippen LogP contribution in [0.5, 0.6) is 0 Å². The number of likely N-dealkylation sites (N-methyl/N-ethyl adjacent to an activating group) is 1. The van der Waals surface area contributed by atoms with Gasteiger partial charge in [-0.2, -0.15) is 0 Å². The lowest BCUT2D eigenvalue weighted by Gasteiger charge is -2.21. The molecule has 4 nitrogen and oxygen atoms in total. The number of aryl methyl sites for hydroxylation is 1. The second-order valence-electron chi connectivity index (χ2n) is 6.47. The average Bonchev–Trinajstić information content (AvgIpc) is 3.30. The second-order valence-corrected chi connectivity index (χ2v) is 7.83. The molecule has 0 radical (unpaired) electrons. The van der Waals surface area contributed by atoms with Crippen LogP contribution in [-0.2, 0) is 9.59 Å². The highest BCUT2D eigenvalue weighted by atomic mass is 35.5. The third-order valence-corrected chi connectivity index (χ3v) is 6.01. The molecule has 1 aliphatic heterocycles. The first-order valence-corrected chi connectivity index (χ1v) is 9.96. The molecule has 1 aliphatic rings. The lowest BCUT2D eigenvalue weighted by atomic mass is 10.1. The van der Waals surface area contributed by atoms with Crippen molar-refractivity contribution < 1.29 is 9.59 Å². The first-order chi connectivity index (χ1) is 13.5. The number of nitrogens with zero attached hydrogens (tertiary/aromatic N) is 2. The van der Waals surface area contributed by atoms with Crippen molar-refractivity contribution in [1.29, 1.82) is 0 Å². The summed E-state index contributed by atoms with van der Waals surface area (Å²) in [5, 5.41) is 2.41. The predicted molar refractivity (Wildman–Crippen MR) is 115 cm³/mol. The fourth-order valence-electron chi connectivity index (χ4n) is 3.21. The number of carbonyl (C=O) groups is 2. The molecule has 4 rings (SSSR count). The number of halogens is 1. The van der Waals surface area contributed by atoms with Crippen molar-refractivity contribution in [3.63, 3.8) is 0 Å². The zero-order valence-electron chi connectivity index (χ0n) is 15.3. The van der Waals surface area contributed by atoms with Crippen LogP contribution in [-0.4, -0.2) is 18.9 Å². The Morgan fingerprint density at radius 3 is 2.36 bits per heavy atom. The van der Waals surface area contributed by atoms with Crippen molar-refractivity contribution in [3.8, 4) is 0 Å². The van der Waals surface area contributed by atoms with E-state index in [0.29, 0.717) is 22.0 Å². The molecule has 0 spiro atoms. The Hall–Kier alpha value is -2.89. The van der Waals surface area contributed by atoms with E-state index in [0.717, 1.165) is 16.1 Å². The molecule has 28 heavy (non-hydrogen) atoms. The van der Waals surface area contributed by atoms with E-state index >= 15 is 0 Å². The number of carbonyl (C=O) groups excluding carboxylic acids is 2. The van der Waals surface area contributed by atoms with Gasteiger partial charge in [-0.1, -0.05) is 41.9 Å². The quantitative estimate of drug-likeness (QED) is 0.562. The summed E-state index contributed by atoms with van der Waals surface area (Å²) >= 11 is 7.68. The van der Waals surface area contributed by atoms with Gasteiger partial charge in [-0.05, 0) is 48.2 Å². The van der Waals surface area contributed by atoms with Crippen LogP contribution in [0.4, 0.5) is 11.4 Å². The van der Waals surface area contributed by atoms with Crippen LogP contribution in [0.25, 0.3) is 5.57 Å². The maximum absolute atomic E-state index is 13.4. The van der Waals surface area contributed by atoms with Gasteiger partial charge in [0.05, 0.1) is 11.3 Å². The van der Waals surface area contributed by atoms with Gasteiger partial charge in [-0.3, -0.25) is 9.59 Å². The summed E-state index contributed by atoms with van der Waals surface area (Å²) in [5.41, 5.74) is 2.95. The molecule has 3 aromatic rings. The molecule has 0 atom stereocenters. The molecule has 6 heteroatoms. The van der Waals surface area contributed by atoms with Gasteiger partial charge in [0, 0.05) is 22.6 Å². The molecule has 0 N–H and O–H groups in total. The summed E-state index contributed by atoms with van der Waals surface area (Å²) in [6, 6.07) is 18.5. The number of benzene rings is 2. The smallest absolute Gasteiger partial charge is 0.282 e. The topological polar surface area (TPSA) is 40.6 Å². The lowest BCUT2D eigenvalue weighted by molar-refractivity contribution is -0.120. The summed E-state index contributed by atoms with van der Waals surface area (Å²) < 4.78 is 0. The van der Waals surface area contributed by atoms with Gasteiger partial charge in [0.2, 0.25) is 0 Å². The Labute approximate surface area is 172 Å². The standard InChI is InChI=1S/C22H17ClN2O2S/c1-14-10-11-16(13-17(14)23)25-21(26)19(18-9-6-12-28-18)20(22(25)27)24(2)15-7-4-3-5-8-15/h3-13H,1-2H3. The molecule has 0 fully saturated rings. The minimum Gasteiger partial charge on any atom is -0.339 e. The zero-order chi connectivity index (χ0) is 19.8. The Bertz CT molecular complexity index is 1090. The van der Waals surface area contributed by atoms with Gasteiger partial charge in [0.25, 0.3) is 11.8 Å².